The van der Waals surface area contributed by atoms with Gasteiger partial charge in [0.25, 0.3) is 0 Å². The van der Waals surface area contributed by atoms with E-state index >= 15 is 0 Å². The van der Waals surface area contributed by atoms with Gasteiger partial charge in [-0.15, -0.1) is 0 Å². The minimum Gasteiger partial charge on any atom is -0.474 e. The van der Waals surface area contributed by atoms with Crippen LogP contribution in [0, 0.1) is 24.7 Å². The normalized spacial score (nSPS) is 16.3. The number of piperazine rings is 1. The van der Waals surface area contributed by atoms with E-state index in [0.717, 1.165) is 114 Å². The van der Waals surface area contributed by atoms with Crippen LogP contribution in [0.25, 0.3) is 0 Å². The van der Waals surface area contributed by atoms with Gasteiger partial charge in [0, 0.05) is 86.7 Å². The van der Waals surface area contributed by atoms with Crippen LogP contribution in [0.2, 0.25) is 0 Å². The highest BCUT2D eigenvalue weighted by atomic mass is 16.5. The Balaban J connectivity index is 0.901. The number of nitrogens with one attached hydrogen (secondary N) is 2. The second kappa shape index (κ2) is 19.9. The van der Waals surface area contributed by atoms with Crippen molar-refractivity contribution in [2.24, 2.45) is 17.8 Å². The maximum Gasteiger partial charge on any atom is 0.237 e. The summed E-state index contributed by atoms with van der Waals surface area (Å²) in [7, 11) is 0. The number of hydrogen-bond acceptors (Lipinski definition) is 11. The highest BCUT2D eigenvalue weighted by Gasteiger charge is 2.31. The van der Waals surface area contributed by atoms with Crippen LogP contribution in [0.1, 0.15) is 98.6 Å². The summed E-state index contributed by atoms with van der Waals surface area (Å²) in [6.45, 7) is 22.3. The summed E-state index contributed by atoms with van der Waals surface area (Å²) in [5.41, 5.74) is 11.1. The fourth-order valence-electron chi connectivity index (χ4n) is 9.25. The third kappa shape index (κ3) is 10.1. The maximum absolute atomic E-state index is 14.0. The van der Waals surface area contributed by atoms with E-state index in [2.05, 4.69) is 69.9 Å². The topological polar surface area (TPSA) is 133 Å². The summed E-state index contributed by atoms with van der Waals surface area (Å²) < 4.78 is 5.73. The number of anilines is 5. The van der Waals surface area contributed by atoms with Crippen LogP contribution < -0.4 is 25.2 Å². The standard InChI is InChI=1S/C50H64N8O4/c1-8-10-41(59)16-18-42(32(3)4)33(5)34(6)48(61)43-17-15-40(28-37(43)9-2)56-22-24-57(25-23-56)46(60)27-36-11-13-39(14-12-36)54-50-53-29-38-19-21-58(31-44(38)55-50)45-30-52-49-47(35(45)7)51-20-26-62-49/h11-15,17,28-30,33-34,42,51H,3,8-10,16,18-27,31H2,1-2,4-7H3,(H,53,54,55). The molecule has 0 radical (unpaired) electrons. The van der Waals surface area contributed by atoms with Crippen molar-refractivity contribution < 1.29 is 19.1 Å². The number of Topliss-reactive ketones (excluding diaryl/α,β-unsaturated/α-hetero) is 2. The third-order valence-corrected chi connectivity index (χ3v) is 13.2. The number of carbonyl (C=O) groups is 3. The lowest BCUT2D eigenvalue weighted by Gasteiger charge is -2.36. The Hall–Kier alpha value is -5.78. The SMILES string of the molecule is C=C(C)C(CCC(=O)CCC)C(C)C(C)C(=O)c1ccc(N2CCN(C(=O)Cc3ccc(Nc4ncc5c(n4)CN(c4cnc6c(c4C)NCCO6)CC5)cc3)CC2)cc1CC. The molecule has 0 aliphatic carbocycles. The molecule has 12 heteroatoms. The zero-order valence-electron chi connectivity index (χ0n) is 37.6. The third-order valence-electron chi connectivity index (χ3n) is 13.2. The number of nitrogens with zero attached hydrogens (tertiary/aromatic N) is 6. The van der Waals surface area contributed by atoms with Crippen LogP contribution in [0.4, 0.5) is 28.7 Å². The number of ether oxygens (including phenoxy) is 1. The molecule has 12 nitrogen and oxygen atoms in total. The van der Waals surface area contributed by atoms with E-state index in [9.17, 15) is 14.4 Å². The molecular weight excluding hydrogens is 777 g/mol. The molecule has 3 unspecified atom stereocenters. The van der Waals surface area contributed by atoms with Crippen LogP contribution in [-0.2, 0) is 35.4 Å². The number of benzene rings is 2. The van der Waals surface area contributed by atoms with Crippen molar-refractivity contribution in [1.82, 2.24) is 19.9 Å². The van der Waals surface area contributed by atoms with Gasteiger partial charge in [0.2, 0.25) is 17.7 Å². The fourth-order valence-corrected chi connectivity index (χ4v) is 9.25. The second-order valence-corrected chi connectivity index (χ2v) is 17.4. The van der Waals surface area contributed by atoms with Crippen molar-refractivity contribution in [1.29, 1.82) is 0 Å². The minimum atomic E-state index is -0.199. The van der Waals surface area contributed by atoms with E-state index < -0.39 is 0 Å². The molecule has 0 bridgehead atoms. The number of aryl methyl sites for hydroxylation is 1. The molecule has 2 aromatic carbocycles. The Bertz CT molecular complexity index is 2270. The Labute approximate surface area is 367 Å². The molecule has 5 heterocycles. The van der Waals surface area contributed by atoms with Crippen molar-refractivity contribution in [3.05, 3.63) is 101 Å². The van der Waals surface area contributed by atoms with E-state index in [1.807, 2.05) is 68.4 Å². The quantitative estimate of drug-likeness (QED) is 0.0783. The molecule has 2 aromatic heterocycles. The number of fused-ring (bicyclic) bond motifs is 2. The molecule has 7 rings (SSSR count). The van der Waals surface area contributed by atoms with Crippen molar-refractivity contribution in [3.8, 4) is 5.88 Å². The van der Waals surface area contributed by atoms with Gasteiger partial charge in [0.1, 0.15) is 18.1 Å². The molecular formula is C50H64N8O4. The van der Waals surface area contributed by atoms with Crippen molar-refractivity contribution in [3.63, 3.8) is 0 Å². The summed E-state index contributed by atoms with van der Waals surface area (Å²) in [5, 5.41) is 6.80. The molecule has 1 amide bonds. The molecule has 0 saturated carbocycles. The number of carbonyl (C=O) groups excluding carboxylic acids is 3. The molecule has 1 saturated heterocycles. The van der Waals surface area contributed by atoms with Crippen LogP contribution in [0.15, 0.2) is 67.0 Å². The van der Waals surface area contributed by atoms with E-state index in [0.29, 0.717) is 57.3 Å². The average molecular weight is 841 g/mol. The molecule has 4 aromatic rings. The zero-order valence-corrected chi connectivity index (χ0v) is 37.6. The first-order chi connectivity index (χ1) is 29.9. The Morgan fingerprint density at radius 2 is 1.73 bits per heavy atom. The van der Waals surface area contributed by atoms with E-state index in [-0.39, 0.29) is 35.2 Å². The fraction of sp³-hybridized carbons (Fsp3) is 0.480. The zero-order chi connectivity index (χ0) is 43.9. The van der Waals surface area contributed by atoms with Crippen LogP contribution >= 0.6 is 0 Å². The van der Waals surface area contributed by atoms with Gasteiger partial charge in [-0.3, -0.25) is 14.4 Å². The largest absolute Gasteiger partial charge is 0.474 e. The van der Waals surface area contributed by atoms with E-state index in [4.69, 9.17) is 9.72 Å². The van der Waals surface area contributed by atoms with Crippen LogP contribution in [0.5, 0.6) is 5.88 Å². The van der Waals surface area contributed by atoms with E-state index in [1.54, 1.807) is 0 Å². The lowest BCUT2D eigenvalue weighted by molar-refractivity contribution is -0.130. The van der Waals surface area contributed by atoms with Gasteiger partial charge in [-0.2, -0.15) is 0 Å². The average Bonchev–Trinajstić information content (AvgIpc) is 3.29. The summed E-state index contributed by atoms with van der Waals surface area (Å²) in [4.78, 5) is 60.4. The van der Waals surface area contributed by atoms with Crippen LogP contribution in [-0.4, -0.2) is 83.2 Å². The summed E-state index contributed by atoms with van der Waals surface area (Å²) in [6, 6.07) is 14.1. The van der Waals surface area contributed by atoms with Gasteiger partial charge in [-0.1, -0.05) is 52.0 Å². The summed E-state index contributed by atoms with van der Waals surface area (Å²) in [5.74, 6) is 1.74. The molecule has 328 valence electrons. The van der Waals surface area contributed by atoms with Crippen molar-refractivity contribution >= 4 is 46.2 Å². The summed E-state index contributed by atoms with van der Waals surface area (Å²) >= 11 is 0. The van der Waals surface area contributed by atoms with Gasteiger partial charge in [-0.25, -0.2) is 15.0 Å². The number of aromatic nitrogens is 3. The van der Waals surface area contributed by atoms with Gasteiger partial charge in [-0.05, 0) is 98.4 Å². The molecule has 3 atom stereocenters. The second-order valence-electron chi connectivity index (χ2n) is 17.4. The number of ketones is 2. The number of pyridine rings is 1. The predicted octanol–water partition coefficient (Wildman–Crippen LogP) is 8.54. The molecule has 3 aliphatic heterocycles. The van der Waals surface area contributed by atoms with E-state index in [1.165, 1.54) is 0 Å². The Kier molecular flexibility index (Phi) is 14.2. The number of hydrogen-bond donors (Lipinski definition) is 2. The lowest BCUT2D eigenvalue weighted by Crippen LogP contribution is -2.49. The molecule has 1 fully saturated rings. The first-order valence-corrected chi connectivity index (χ1v) is 22.6. The minimum absolute atomic E-state index is 0.0739. The highest BCUT2D eigenvalue weighted by Crippen LogP contribution is 2.37. The molecule has 2 N–H and O–H groups in total. The molecule has 0 spiro atoms. The number of amides is 1. The van der Waals surface area contributed by atoms with Gasteiger partial charge in [0.15, 0.2) is 5.78 Å². The highest BCUT2D eigenvalue weighted by molar-refractivity contribution is 5.99. The van der Waals surface area contributed by atoms with Crippen LogP contribution in [0.3, 0.4) is 0 Å². The predicted molar refractivity (Wildman–Crippen MR) is 248 cm³/mol. The maximum atomic E-state index is 14.0. The lowest BCUT2D eigenvalue weighted by atomic mass is 9.74. The Morgan fingerprint density at radius 1 is 0.952 bits per heavy atom. The van der Waals surface area contributed by atoms with Gasteiger partial charge >= 0.3 is 0 Å². The summed E-state index contributed by atoms with van der Waals surface area (Å²) in [6.07, 6.45) is 8.50. The first kappa shape index (κ1) is 44.3. The van der Waals surface area contributed by atoms with Crippen molar-refractivity contribution in [2.75, 3.05) is 66.3 Å². The van der Waals surface area contributed by atoms with Crippen molar-refractivity contribution in [2.45, 2.75) is 93.0 Å². The number of rotatable bonds is 17. The number of allylic oxidation sites excluding steroid dienone is 1. The molecule has 3 aliphatic rings. The molecule has 62 heavy (non-hydrogen) atoms. The smallest absolute Gasteiger partial charge is 0.237 e. The Morgan fingerprint density at radius 3 is 2.45 bits per heavy atom. The first-order valence-electron chi connectivity index (χ1n) is 22.6. The monoisotopic (exact) mass is 841 g/mol. The van der Waals surface area contributed by atoms with Gasteiger partial charge < -0.3 is 30.1 Å². The van der Waals surface area contributed by atoms with Gasteiger partial charge in [0.05, 0.1) is 30.5 Å².